The van der Waals surface area contributed by atoms with Crippen LogP contribution >= 0.6 is 0 Å². The largest absolute Gasteiger partial charge is 0.338 e. The van der Waals surface area contributed by atoms with E-state index in [1.54, 1.807) is 0 Å². The Morgan fingerprint density at radius 1 is 1.00 bits per heavy atom. The van der Waals surface area contributed by atoms with Crippen LogP contribution in [0.1, 0.15) is 72.5 Å². The molecule has 3 nitrogen and oxygen atoms in total. The Morgan fingerprint density at radius 3 is 2.47 bits per heavy atom. The van der Waals surface area contributed by atoms with Gasteiger partial charge in [-0.25, -0.2) is 0 Å². The van der Waals surface area contributed by atoms with Crippen LogP contribution in [0.3, 0.4) is 0 Å². The predicted molar refractivity (Wildman–Crippen MR) is 154 cm³/mol. The number of hydrogen-bond acceptors (Lipinski definition) is 2. The van der Waals surface area contributed by atoms with E-state index in [0.717, 1.165) is 24.3 Å². The Bertz CT molecular complexity index is 1340. The molecule has 3 heteroatoms. The van der Waals surface area contributed by atoms with Gasteiger partial charge in [-0.15, -0.1) is 0 Å². The van der Waals surface area contributed by atoms with Crippen LogP contribution in [0.2, 0.25) is 0 Å². The minimum absolute atomic E-state index is 0.162. The van der Waals surface area contributed by atoms with Crippen LogP contribution in [-0.2, 0) is 11.8 Å². The van der Waals surface area contributed by atoms with Gasteiger partial charge >= 0.3 is 0 Å². The fourth-order valence-electron chi connectivity index (χ4n) is 7.57. The number of benzene rings is 3. The van der Waals surface area contributed by atoms with E-state index in [-0.39, 0.29) is 17.4 Å². The second-order valence-corrected chi connectivity index (χ2v) is 12.9. The number of piperidine rings is 1. The smallest absolute Gasteiger partial charge is 0.253 e. The van der Waals surface area contributed by atoms with E-state index in [0.29, 0.717) is 17.9 Å². The van der Waals surface area contributed by atoms with E-state index >= 15 is 0 Å². The molecule has 3 aromatic carbocycles. The van der Waals surface area contributed by atoms with Gasteiger partial charge in [0.05, 0.1) is 0 Å². The molecular weight excluding hydrogens is 464 g/mol. The van der Waals surface area contributed by atoms with E-state index in [4.69, 9.17) is 0 Å². The SMILES string of the molecule is C[C@H]1C2Cc3ccc(C(=O)N(C)[C@@H]4CC4c4ccc(-c5ccccc5)cc4)cc3[C@@]1(C)CCN2CC1CC1. The van der Waals surface area contributed by atoms with Crippen LogP contribution in [0.4, 0.5) is 0 Å². The first-order chi connectivity index (χ1) is 18.4. The number of rotatable bonds is 6. The number of carbonyl (C=O) groups excluding carboxylic acids is 1. The third-order valence-electron chi connectivity index (χ3n) is 10.6. The molecule has 1 heterocycles. The molecule has 5 atom stereocenters. The lowest BCUT2D eigenvalue weighted by Gasteiger charge is -2.55. The zero-order valence-electron chi connectivity index (χ0n) is 23.1. The highest BCUT2D eigenvalue weighted by molar-refractivity contribution is 5.95. The summed E-state index contributed by atoms with van der Waals surface area (Å²) in [6.45, 7) is 7.42. The molecular formula is C35H40N2O. The Morgan fingerprint density at radius 2 is 1.74 bits per heavy atom. The Labute approximate surface area is 227 Å². The molecule has 2 saturated carbocycles. The maximum Gasteiger partial charge on any atom is 0.253 e. The number of carbonyl (C=O) groups is 1. The molecule has 2 unspecified atom stereocenters. The molecule has 7 rings (SSSR count). The average Bonchev–Trinajstić information content (AvgIpc) is 3.88. The molecule has 1 aliphatic heterocycles. The number of nitrogens with zero attached hydrogens (tertiary/aromatic N) is 2. The highest BCUT2D eigenvalue weighted by Crippen LogP contribution is 2.50. The first-order valence-corrected chi connectivity index (χ1v) is 14.7. The molecule has 0 aromatic heterocycles. The van der Waals surface area contributed by atoms with Crippen LogP contribution in [0, 0.1) is 11.8 Å². The van der Waals surface area contributed by atoms with Crippen molar-refractivity contribution in [2.75, 3.05) is 20.1 Å². The Kier molecular flexibility index (Phi) is 5.78. The molecule has 0 radical (unpaired) electrons. The van der Waals surface area contributed by atoms with Crippen molar-refractivity contribution in [2.24, 2.45) is 11.8 Å². The molecule has 196 valence electrons. The second kappa shape index (κ2) is 9.09. The summed E-state index contributed by atoms with van der Waals surface area (Å²) in [4.78, 5) is 18.5. The van der Waals surface area contributed by atoms with Crippen molar-refractivity contribution in [3.05, 3.63) is 95.1 Å². The molecule has 3 aromatic rings. The van der Waals surface area contributed by atoms with Gasteiger partial charge in [0.25, 0.3) is 5.91 Å². The normalized spacial score (nSPS) is 30.0. The number of hydrogen-bond donors (Lipinski definition) is 0. The highest BCUT2D eigenvalue weighted by atomic mass is 16.2. The fourth-order valence-corrected chi connectivity index (χ4v) is 7.57. The van der Waals surface area contributed by atoms with Gasteiger partial charge in [-0.3, -0.25) is 9.69 Å². The first kappa shape index (κ1) is 24.2. The minimum Gasteiger partial charge on any atom is -0.338 e. The number of fused-ring (bicyclic) bond motifs is 4. The second-order valence-electron chi connectivity index (χ2n) is 12.9. The van der Waals surface area contributed by atoms with Gasteiger partial charge < -0.3 is 4.90 Å². The monoisotopic (exact) mass is 504 g/mol. The van der Waals surface area contributed by atoms with Crippen molar-refractivity contribution >= 4 is 5.91 Å². The lowest BCUT2D eigenvalue weighted by Crippen LogP contribution is -2.58. The standard InChI is InChI=1S/C35H40N2O/c1-23-32-20-28-15-16-29(19-31(28)35(23,2)17-18-37(32)22-24-9-10-24)34(38)36(3)33-21-30(33)27-13-11-26(12-14-27)25-7-5-4-6-8-25/h4-8,11-16,19,23-24,30,32-33H,9-10,17-18,20-22H2,1-3H3/t23-,30?,32?,33+,35-/m0/s1. The Hall–Kier alpha value is -2.91. The molecule has 0 N–H and O–H groups in total. The van der Waals surface area contributed by atoms with Crippen LogP contribution in [0.5, 0.6) is 0 Å². The van der Waals surface area contributed by atoms with Crippen molar-refractivity contribution in [3.63, 3.8) is 0 Å². The molecule has 38 heavy (non-hydrogen) atoms. The number of likely N-dealkylation sites (tertiary alicyclic amines) is 1. The summed E-state index contributed by atoms with van der Waals surface area (Å²) in [5.74, 6) is 2.17. The predicted octanol–water partition coefficient (Wildman–Crippen LogP) is 6.92. The summed E-state index contributed by atoms with van der Waals surface area (Å²) >= 11 is 0. The third kappa shape index (κ3) is 4.11. The van der Waals surface area contributed by atoms with Crippen LogP contribution in [0.15, 0.2) is 72.8 Å². The number of amides is 1. The molecule has 4 aliphatic rings. The van der Waals surface area contributed by atoms with Gasteiger partial charge in [-0.2, -0.15) is 0 Å². The van der Waals surface area contributed by atoms with Crippen molar-refractivity contribution < 1.29 is 4.79 Å². The van der Waals surface area contributed by atoms with Crippen LogP contribution < -0.4 is 0 Å². The van der Waals surface area contributed by atoms with Crippen molar-refractivity contribution in [1.29, 1.82) is 0 Å². The zero-order chi connectivity index (χ0) is 26.0. The number of likely N-dealkylation sites (N-methyl/N-ethyl adjacent to an activating group) is 1. The lowest BCUT2D eigenvalue weighted by atomic mass is 9.59. The maximum atomic E-state index is 13.7. The van der Waals surface area contributed by atoms with Crippen molar-refractivity contribution in [1.82, 2.24) is 9.80 Å². The van der Waals surface area contributed by atoms with E-state index in [1.165, 1.54) is 60.2 Å². The van der Waals surface area contributed by atoms with E-state index in [1.807, 2.05) is 11.9 Å². The van der Waals surface area contributed by atoms with Gasteiger partial charge in [0.1, 0.15) is 0 Å². The van der Waals surface area contributed by atoms with Gasteiger partial charge in [0.15, 0.2) is 0 Å². The van der Waals surface area contributed by atoms with E-state index in [2.05, 4.69) is 91.5 Å². The summed E-state index contributed by atoms with van der Waals surface area (Å²) in [5, 5.41) is 0. The topological polar surface area (TPSA) is 23.6 Å². The Balaban J connectivity index is 1.06. The van der Waals surface area contributed by atoms with Crippen LogP contribution in [0.25, 0.3) is 11.1 Å². The minimum atomic E-state index is 0.162. The molecule has 0 spiro atoms. The van der Waals surface area contributed by atoms with Crippen molar-refractivity contribution in [2.45, 2.75) is 69.4 Å². The van der Waals surface area contributed by atoms with Gasteiger partial charge in [-0.1, -0.05) is 74.5 Å². The van der Waals surface area contributed by atoms with Gasteiger partial charge in [0.2, 0.25) is 0 Å². The molecule has 3 fully saturated rings. The van der Waals surface area contributed by atoms with Crippen molar-refractivity contribution in [3.8, 4) is 11.1 Å². The third-order valence-corrected chi connectivity index (χ3v) is 10.6. The van der Waals surface area contributed by atoms with Gasteiger partial charge in [0, 0.05) is 37.2 Å². The maximum absolute atomic E-state index is 13.7. The lowest BCUT2D eigenvalue weighted by molar-refractivity contribution is 0.0283. The summed E-state index contributed by atoms with van der Waals surface area (Å²) in [7, 11) is 2.00. The molecule has 2 bridgehead atoms. The van der Waals surface area contributed by atoms with Crippen LogP contribution in [-0.4, -0.2) is 47.9 Å². The molecule has 1 saturated heterocycles. The first-order valence-electron chi connectivity index (χ1n) is 14.7. The zero-order valence-corrected chi connectivity index (χ0v) is 23.1. The summed E-state index contributed by atoms with van der Waals surface area (Å²) in [5.41, 5.74) is 7.76. The molecule has 3 aliphatic carbocycles. The fraction of sp³-hybridized carbons (Fsp3) is 0.457. The summed E-state index contributed by atoms with van der Waals surface area (Å²) in [6.07, 6.45) is 6.22. The quantitative estimate of drug-likeness (QED) is 0.364. The molecule has 1 amide bonds. The van der Waals surface area contributed by atoms with E-state index in [9.17, 15) is 4.79 Å². The van der Waals surface area contributed by atoms with Gasteiger partial charge in [-0.05, 0) is 95.8 Å². The average molecular weight is 505 g/mol. The van der Waals surface area contributed by atoms with E-state index < -0.39 is 0 Å². The summed E-state index contributed by atoms with van der Waals surface area (Å²) in [6, 6.07) is 27.0. The highest BCUT2D eigenvalue weighted by Gasteiger charge is 2.49. The summed E-state index contributed by atoms with van der Waals surface area (Å²) < 4.78 is 0.